The van der Waals surface area contributed by atoms with Crippen LogP contribution in [0.1, 0.15) is 16.8 Å². The second-order valence-electron chi connectivity index (χ2n) is 7.98. The standard InChI is InChI=1S/C24H27N5O2/c1-18-13-23(25-15-19-5-3-2-4-6-19)27-24(26-18)29-11-9-28(10-12-29)16-20-7-8-21-22(14-20)31-17-30-21/h2-8,13-14H,9-12,15-17H2,1H3,(H,25,26,27). The number of rotatable bonds is 6. The number of nitrogens with zero attached hydrogens (tertiary/aromatic N) is 4. The molecule has 2 aliphatic heterocycles. The van der Waals surface area contributed by atoms with Crippen LogP contribution in [-0.4, -0.2) is 47.8 Å². The maximum atomic E-state index is 5.50. The zero-order chi connectivity index (χ0) is 21.0. The number of piperazine rings is 1. The van der Waals surface area contributed by atoms with Crippen molar-refractivity contribution in [1.82, 2.24) is 14.9 Å². The highest BCUT2D eigenvalue weighted by Crippen LogP contribution is 2.33. The van der Waals surface area contributed by atoms with Crippen LogP contribution in [0.25, 0.3) is 0 Å². The van der Waals surface area contributed by atoms with Gasteiger partial charge in [-0.1, -0.05) is 36.4 Å². The summed E-state index contributed by atoms with van der Waals surface area (Å²) in [6.07, 6.45) is 0. The molecule has 0 aliphatic carbocycles. The summed E-state index contributed by atoms with van der Waals surface area (Å²) in [5, 5.41) is 3.43. The first-order chi connectivity index (χ1) is 15.2. The predicted molar refractivity (Wildman–Crippen MR) is 121 cm³/mol. The van der Waals surface area contributed by atoms with Crippen LogP contribution >= 0.6 is 0 Å². The summed E-state index contributed by atoms with van der Waals surface area (Å²) in [5.74, 6) is 3.36. The normalized spacial score (nSPS) is 15.8. The molecule has 0 amide bonds. The molecule has 160 valence electrons. The summed E-state index contributed by atoms with van der Waals surface area (Å²) < 4.78 is 10.9. The Morgan fingerprint density at radius 3 is 2.52 bits per heavy atom. The summed E-state index contributed by atoms with van der Waals surface area (Å²) >= 11 is 0. The van der Waals surface area contributed by atoms with Crippen molar-refractivity contribution in [3.63, 3.8) is 0 Å². The third-order valence-electron chi connectivity index (χ3n) is 5.66. The zero-order valence-corrected chi connectivity index (χ0v) is 17.8. The fraction of sp³-hybridized carbons (Fsp3) is 0.333. The lowest BCUT2D eigenvalue weighted by Crippen LogP contribution is -2.46. The molecule has 0 atom stereocenters. The van der Waals surface area contributed by atoms with Crippen LogP contribution < -0.4 is 19.7 Å². The molecule has 1 aromatic heterocycles. The summed E-state index contributed by atoms with van der Waals surface area (Å²) in [5.41, 5.74) is 3.46. The quantitative estimate of drug-likeness (QED) is 0.659. The minimum absolute atomic E-state index is 0.316. The fourth-order valence-electron chi connectivity index (χ4n) is 3.98. The molecule has 7 heteroatoms. The largest absolute Gasteiger partial charge is 0.454 e. The SMILES string of the molecule is Cc1cc(NCc2ccccc2)nc(N2CCN(Cc3ccc4c(c3)OCO4)CC2)n1. The van der Waals surface area contributed by atoms with Gasteiger partial charge in [-0.15, -0.1) is 0 Å². The van der Waals surface area contributed by atoms with Gasteiger partial charge in [-0.3, -0.25) is 4.90 Å². The monoisotopic (exact) mass is 417 g/mol. The van der Waals surface area contributed by atoms with E-state index >= 15 is 0 Å². The number of fused-ring (bicyclic) bond motifs is 1. The number of benzene rings is 2. The Labute approximate surface area is 182 Å². The Balaban J connectivity index is 1.18. The summed E-state index contributed by atoms with van der Waals surface area (Å²) in [7, 11) is 0. The number of hydrogen-bond donors (Lipinski definition) is 1. The molecule has 5 rings (SSSR count). The number of aryl methyl sites for hydroxylation is 1. The molecule has 2 aromatic carbocycles. The van der Waals surface area contributed by atoms with E-state index in [9.17, 15) is 0 Å². The number of ether oxygens (including phenoxy) is 2. The Hall–Kier alpha value is -3.32. The highest BCUT2D eigenvalue weighted by molar-refractivity contribution is 5.45. The molecule has 0 bridgehead atoms. The van der Waals surface area contributed by atoms with E-state index in [0.717, 1.165) is 68.2 Å². The Morgan fingerprint density at radius 2 is 1.68 bits per heavy atom. The van der Waals surface area contributed by atoms with Crippen molar-refractivity contribution < 1.29 is 9.47 Å². The highest BCUT2D eigenvalue weighted by atomic mass is 16.7. The molecule has 0 spiro atoms. The minimum atomic E-state index is 0.316. The van der Waals surface area contributed by atoms with Gasteiger partial charge in [0, 0.05) is 51.0 Å². The predicted octanol–water partition coefficient (Wildman–Crippen LogP) is 3.45. The summed E-state index contributed by atoms with van der Waals surface area (Å²) in [6, 6.07) is 18.6. The number of hydrogen-bond acceptors (Lipinski definition) is 7. The van der Waals surface area contributed by atoms with Crippen LogP contribution in [0.5, 0.6) is 11.5 Å². The van der Waals surface area contributed by atoms with Crippen molar-refractivity contribution in [2.24, 2.45) is 0 Å². The molecule has 1 saturated heterocycles. The molecule has 0 saturated carbocycles. The second-order valence-corrected chi connectivity index (χ2v) is 7.98. The molecule has 7 nitrogen and oxygen atoms in total. The van der Waals surface area contributed by atoms with Gasteiger partial charge < -0.3 is 19.7 Å². The first kappa shape index (κ1) is 19.6. The number of aromatic nitrogens is 2. The van der Waals surface area contributed by atoms with E-state index in [0.29, 0.717) is 6.79 Å². The van der Waals surface area contributed by atoms with Gasteiger partial charge in [-0.2, -0.15) is 4.98 Å². The average Bonchev–Trinajstić information content (AvgIpc) is 3.27. The lowest BCUT2D eigenvalue weighted by Gasteiger charge is -2.35. The van der Waals surface area contributed by atoms with Crippen LogP contribution in [0.4, 0.5) is 11.8 Å². The van der Waals surface area contributed by atoms with Crippen LogP contribution in [0.15, 0.2) is 54.6 Å². The van der Waals surface area contributed by atoms with E-state index in [2.05, 4.69) is 56.5 Å². The Kier molecular flexibility index (Phi) is 5.58. The molecule has 0 unspecified atom stereocenters. The van der Waals surface area contributed by atoms with E-state index < -0.39 is 0 Å². The lowest BCUT2D eigenvalue weighted by atomic mass is 10.1. The van der Waals surface area contributed by atoms with Crippen molar-refractivity contribution in [3.8, 4) is 11.5 Å². The lowest BCUT2D eigenvalue weighted by molar-refractivity contribution is 0.174. The van der Waals surface area contributed by atoms with E-state index in [1.54, 1.807) is 0 Å². The van der Waals surface area contributed by atoms with Crippen molar-refractivity contribution in [1.29, 1.82) is 0 Å². The van der Waals surface area contributed by atoms with Crippen LogP contribution in [0, 0.1) is 6.92 Å². The van der Waals surface area contributed by atoms with Crippen LogP contribution in [0.3, 0.4) is 0 Å². The third kappa shape index (κ3) is 4.72. The fourth-order valence-corrected chi connectivity index (χ4v) is 3.98. The molecule has 31 heavy (non-hydrogen) atoms. The second kappa shape index (κ2) is 8.81. The first-order valence-electron chi connectivity index (χ1n) is 10.7. The van der Waals surface area contributed by atoms with E-state index in [1.165, 1.54) is 11.1 Å². The number of anilines is 2. The van der Waals surface area contributed by atoms with Gasteiger partial charge in [0.15, 0.2) is 11.5 Å². The molecule has 3 heterocycles. The van der Waals surface area contributed by atoms with Gasteiger partial charge in [-0.05, 0) is 30.2 Å². The third-order valence-corrected chi connectivity index (χ3v) is 5.66. The summed E-state index contributed by atoms with van der Waals surface area (Å²) in [6.45, 7) is 7.75. The zero-order valence-electron chi connectivity index (χ0n) is 17.8. The molecule has 1 fully saturated rings. The van der Waals surface area contributed by atoms with Crippen molar-refractivity contribution in [3.05, 3.63) is 71.4 Å². The van der Waals surface area contributed by atoms with E-state index in [-0.39, 0.29) is 0 Å². The van der Waals surface area contributed by atoms with Crippen LogP contribution in [-0.2, 0) is 13.1 Å². The number of nitrogens with one attached hydrogen (secondary N) is 1. The smallest absolute Gasteiger partial charge is 0.231 e. The van der Waals surface area contributed by atoms with Crippen molar-refractivity contribution in [2.45, 2.75) is 20.0 Å². The Bertz CT molecular complexity index is 1040. The maximum Gasteiger partial charge on any atom is 0.231 e. The molecular formula is C24H27N5O2. The highest BCUT2D eigenvalue weighted by Gasteiger charge is 2.21. The van der Waals surface area contributed by atoms with Crippen LogP contribution in [0.2, 0.25) is 0 Å². The van der Waals surface area contributed by atoms with Crippen molar-refractivity contribution in [2.75, 3.05) is 43.2 Å². The average molecular weight is 418 g/mol. The van der Waals surface area contributed by atoms with E-state index in [1.807, 2.05) is 25.1 Å². The van der Waals surface area contributed by atoms with Gasteiger partial charge in [0.25, 0.3) is 0 Å². The van der Waals surface area contributed by atoms with Gasteiger partial charge in [0.05, 0.1) is 0 Å². The van der Waals surface area contributed by atoms with Gasteiger partial charge in [0.2, 0.25) is 12.7 Å². The molecule has 2 aliphatic rings. The topological polar surface area (TPSA) is 62.8 Å². The molecule has 0 radical (unpaired) electrons. The molecule has 3 aromatic rings. The van der Waals surface area contributed by atoms with Gasteiger partial charge >= 0.3 is 0 Å². The molecule has 1 N–H and O–H groups in total. The first-order valence-corrected chi connectivity index (χ1v) is 10.7. The van der Waals surface area contributed by atoms with Gasteiger partial charge in [-0.25, -0.2) is 4.98 Å². The van der Waals surface area contributed by atoms with Crippen molar-refractivity contribution >= 4 is 11.8 Å². The maximum absolute atomic E-state index is 5.50. The summed E-state index contributed by atoms with van der Waals surface area (Å²) in [4.78, 5) is 14.2. The minimum Gasteiger partial charge on any atom is -0.454 e. The Morgan fingerprint density at radius 1 is 0.871 bits per heavy atom. The van der Waals surface area contributed by atoms with E-state index in [4.69, 9.17) is 14.5 Å². The van der Waals surface area contributed by atoms with Gasteiger partial charge in [0.1, 0.15) is 5.82 Å². The molecular weight excluding hydrogens is 390 g/mol.